The third kappa shape index (κ3) is 5.14. The number of aliphatic imine (C=N–C) groups is 1. The molecular weight excluding hydrogens is 376 g/mol. The minimum absolute atomic E-state index is 0.0340. The first-order chi connectivity index (χ1) is 13.4. The Morgan fingerprint density at radius 2 is 2.00 bits per heavy atom. The Morgan fingerprint density at radius 3 is 2.68 bits per heavy atom. The first-order valence-electron chi connectivity index (χ1n) is 9.59. The highest BCUT2D eigenvalue weighted by atomic mass is 19.4. The molecule has 5 nitrogen and oxygen atoms in total. The van der Waals surface area contributed by atoms with Crippen molar-refractivity contribution in [1.82, 2.24) is 15.1 Å². The molecule has 2 fully saturated rings. The van der Waals surface area contributed by atoms with E-state index < -0.39 is 17.6 Å². The van der Waals surface area contributed by atoms with Crippen LogP contribution in [0.5, 0.6) is 0 Å². The van der Waals surface area contributed by atoms with Crippen LogP contribution in [0.15, 0.2) is 23.2 Å². The Labute approximate surface area is 162 Å². The summed E-state index contributed by atoms with van der Waals surface area (Å²) < 4.78 is 58.3. The van der Waals surface area contributed by atoms with Gasteiger partial charge in [0.25, 0.3) is 0 Å². The van der Waals surface area contributed by atoms with Gasteiger partial charge in [-0.2, -0.15) is 13.2 Å². The lowest BCUT2D eigenvalue weighted by Gasteiger charge is -2.32. The van der Waals surface area contributed by atoms with Crippen molar-refractivity contribution in [2.75, 3.05) is 45.9 Å². The molecule has 2 aliphatic heterocycles. The number of nitrogens with zero attached hydrogens (tertiary/aromatic N) is 3. The van der Waals surface area contributed by atoms with Crippen molar-refractivity contribution in [2.45, 2.75) is 32.1 Å². The van der Waals surface area contributed by atoms with Crippen LogP contribution in [-0.2, 0) is 17.5 Å². The summed E-state index contributed by atoms with van der Waals surface area (Å²) in [6.07, 6.45) is -3.63. The van der Waals surface area contributed by atoms with E-state index in [2.05, 4.69) is 20.1 Å². The van der Waals surface area contributed by atoms with Crippen LogP contribution in [0.4, 0.5) is 17.6 Å². The van der Waals surface area contributed by atoms with Gasteiger partial charge in [-0.05, 0) is 31.0 Å². The minimum atomic E-state index is -4.61. The molecule has 2 saturated heterocycles. The number of halogens is 4. The quantitative estimate of drug-likeness (QED) is 0.478. The lowest BCUT2D eigenvalue weighted by atomic mass is 10.1. The number of likely N-dealkylation sites (tertiary alicyclic amines) is 1. The second-order valence-electron chi connectivity index (χ2n) is 7.01. The fourth-order valence-electron chi connectivity index (χ4n) is 3.71. The number of hydrogen-bond acceptors (Lipinski definition) is 3. The Morgan fingerprint density at radius 1 is 1.25 bits per heavy atom. The molecule has 1 aromatic carbocycles. The number of benzene rings is 1. The van der Waals surface area contributed by atoms with Gasteiger partial charge >= 0.3 is 6.18 Å². The number of nitrogens with one attached hydrogen (secondary N) is 1. The number of alkyl halides is 3. The predicted octanol–water partition coefficient (Wildman–Crippen LogP) is 2.72. The summed E-state index contributed by atoms with van der Waals surface area (Å²) in [5.74, 6) is -0.310. The van der Waals surface area contributed by atoms with Crippen LogP contribution in [-0.4, -0.2) is 67.7 Å². The first kappa shape index (κ1) is 20.9. The second-order valence-corrected chi connectivity index (χ2v) is 7.01. The molecule has 1 unspecified atom stereocenters. The molecule has 0 radical (unpaired) electrons. The fraction of sp³-hybridized carbons (Fsp3) is 0.632. The van der Waals surface area contributed by atoms with E-state index in [9.17, 15) is 17.6 Å². The number of morpholine rings is 1. The molecule has 1 N–H and O–H groups in total. The van der Waals surface area contributed by atoms with Crippen molar-refractivity contribution in [3.05, 3.63) is 35.1 Å². The summed E-state index contributed by atoms with van der Waals surface area (Å²) in [5.41, 5.74) is -1.01. The zero-order valence-corrected chi connectivity index (χ0v) is 15.9. The third-order valence-corrected chi connectivity index (χ3v) is 5.14. The molecule has 2 aliphatic rings. The molecular formula is C19H26F4N4O. The van der Waals surface area contributed by atoms with Crippen molar-refractivity contribution in [1.29, 1.82) is 0 Å². The third-order valence-electron chi connectivity index (χ3n) is 5.14. The zero-order valence-electron chi connectivity index (χ0n) is 15.9. The Kier molecular flexibility index (Phi) is 6.77. The molecule has 0 spiro atoms. The molecule has 0 saturated carbocycles. The van der Waals surface area contributed by atoms with E-state index in [0.29, 0.717) is 24.6 Å². The van der Waals surface area contributed by atoms with E-state index in [4.69, 9.17) is 4.74 Å². The van der Waals surface area contributed by atoms with E-state index in [1.165, 1.54) is 0 Å². The molecule has 3 rings (SSSR count). The van der Waals surface area contributed by atoms with Gasteiger partial charge in [0.05, 0.1) is 25.3 Å². The van der Waals surface area contributed by atoms with Gasteiger partial charge in [-0.3, -0.25) is 4.90 Å². The predicted molar refractivity (Wildman–Crippen MR) is 98.6 cm³/mol. The molecule has 0 bridgehead atoms. The van der Waals surface area contributed by atoms with Gasteiger partial charge in [0.2, 0.25) is 0 Å². The average molecular weight is 402 g/mol. The summed E-state index contributed by atoms with van der Waals surface area (Å²) in [6, 6.07) is 3.12. The Bertz CT molecular complexity index is 689. The molecule has 0 aliphatic carbocycles. The highest BCUT2D eigenvalue weighted by molar-refractivity contribution is 5.80. The number of guanidine groups is 1. The average Bonchev–Trinajstić information content (AvgIpc) is 3.16. The zero-order chi connectivity index (χ0) is 20.1. The minimum Gasteiger partial charge on any atom is -0.379 e. The summed E-state index contributed by atoms with van der Waals surface area (Å²) in [6.45, 7) is 7.22. The number of rotatable bonds is 4. The molecule has 1 atom stereocenters. The largest absolute Gasteiger partial charge is 0.416 e. The van der Waals surface area contributed by atoms with Crippen LogP contribution in [0.2, 0.25) is 0 Å². The highest BCUT2D eigenvalue weighted by Gasteiger charge is 2.34. The van der Waals surface area contributed by atoms with E-state index in [1.807, 2.05) is 6.92 Å². The summed E-state index contributed by atoms with van der Waals surface area (Å²) in [7, 11) is 0. The van der Waals surface area contributed by atoms with Crippen LogP contribution in [0.1, 0.15) is 24.5 Å². The van der Waals surface area contributed by atoms with Crippen LogP contribution >= 0.6 is 0 Å². The van der Waals surface area contributed by atoms with E-state index >= 15 is 0 Å². The number of ether oxygens (including phenoxy) is 1. The SMILES string of the molecule is CCNC(=NCc1ccc(F)cc1C(F)(F)F)N1CCC(N2CCOCC2)C1. The standard InChI is InChI=1S/C19H26F4N4O/c1-2-24-18(27-6-5-16(13-27)26-7-9-28-10-8-26)25-12-14-3-4-15(20)11-17(14)19(21,22)23/h3-4,11,16H,2,5-10,12-13H2,1H3,(H,24,25). The Balaban J connectivity index is 1.72. The normalized spacial score (nSPS) is 22.0. The maximum absolute atomic E-state index is 13.3. The van der Waals surface area contributed by atoms with Gasteiger partial charge in [0.15, 0.2) is 5.96 Å². The summed E-state index contributed by atoms with van der Waals surface area (Å²) >= 11 is 0. The number of hydrogen-bond donors (Lipinski definition) is 1. The monoisotopic (exact) mass is 402 g/mol. The van der Waals surface area contributed by atoms with Crippen LogP contribution in [0, 0.1) is 5.82 Å². The maximum Gasteiger partial charge on any atom is 0.416 e. The molecule has 0 amide bonds. The summed E-state index contributed by atoms with van der Waals surface area (Å²) in [5, 5.41) is 3.17. The molecule has 0 aromatic heterocycles. The van der Waals surface area contributed by atoms with Crippen LogP contribution in [0.25, 0.3) is 0 Å². The summed E-state index contributed by atoms with van der Waals surface area (Å²) in [4.78, 5) is 8.90. The highest BCUT2D eigenvalue weighted by Crippen LogP contribution is 2.33. The van der Waals surface area contributed by atoms with Gasteiger partial charge in [0, 0.05) is 38.8 Å². The van der Waals surface area contributed by atoms with Crippen LogP contribution in [0.3, 0.4) is 0 Å². The van der Waals surface area contributed by atoms with Gasteiger partial charge in [-0.15, -0.1) is 0 Å². The maximum atomic E-state index is 13.3. The second kappa shape index (κ2) is 9.09. The van der Waals surface area contributed by atoms with Gasteiger partial charge in [-0.25, -0.2) is 9.38 Å². The van der Waals surface area contributed by atoms with Crippen LogP contribution < -0.4 is 5.32 Å². The topological polar surface area (TPSA) is 40.1 Å². The first-order valence-corrected chi connectivity index (χ1v) is 9.59. The molecule has 9 heteroatoms. The Hall–Kier alpha value is -1.87. The lowest BCUT2D eigenvalue weighted by Crippen LogP contribution is -2.46. The fourth-order valence-corrected chi connectivity index (χ4v) is 3.71. The van der Waals surface area contributed by atoms with Crippen molar-refractivity contribution < 1.29 is 22.3 Å². The smallest absolute Gasteiger partial charge is 0.379 e. The van der Waals surface area contributed by atoms with Crippen molar-refractivity contribution >= 4 is 5.96 Å². The van der Waals surface area contributed by atoms with Gasteiger partial charge in [-0.1, -0.05) is 6.07 Å². The molecule has 1 aromatic rings. The van der Waals surface area contributed by atoms with Crippen molar-refractivity contribution in [3.63, 3.8) is 0 Å². The van der Waals surface area contributed by atoms with E-state index in [1.54, 1.807) is 0 Å². The lowest BCUT2D eigenvalue weighted by molar-refractivity contribution is -0.138. The van der Waals surface area contributed by atoms with Gasteiger partial charge < -0.3 is 15.0 Å². The van der Waals surface area contributed by atoms with E-state index in [-0.39, 0.29) is 12.1 Å². The molecule has 156 valence electrons. The molecule has 2 heterocycles. The van der Waals surface area contributed by atoms with Crippen molar-refractivity contribution in [3.8, 4) is 0 Å². The van der Waals surface area contributed by atoms with Gasteiger partial charge in [0.1, 0.15) is 5.82 Å². The van der Waals surface area contributed by atoms with Crippen molar-refractivity contribution in [2.24, 2.45) is 4.99 Å². The van der Waals surface area contributed by atoms with E-state index in [0.717, 1.165) is 57.9 Å². The molecule has 28 heavy (non-hydrogen) atoms.